The maximum absolute atomic E-state index is 5.69. The Morgan fingerprint density at radius 3 is 1.08 bits per heavy atom. The quantitative estimate of drug-likeness (QED) is 0.161. The van der Waals surface area contributed by atoms with E-state index >= 15 is 0 Å². The Bertz CT molecular complexity index is 3120. The summed E-state index contributed by atoms with van der Waals surface area (Å²) >= 11 is 0. The molecular formula is C52H36N6O2. The number of aromatic nitrogens is 4. The summed E-state index contributed by atoms with van der Waals surface area (Å²) in [5.74, 6) is 1.33. The highest BCUT2D eigenvalue weighted by atomic mass is 16.5. The molecule has 0 saturated heterocycles. The van der Waals surface area contributed by atoms with Crippen LogP contribution in [0.25, 0.3) is 88.6 Å². The highest BCUT2D eigenvalue weighted by molar-refractivity contribution is 6.14. The number of ether oxygens (including phenoxy) is 2. The zero-order chi connectivity index (χ0) is 39.6. The lowest BCUT2D eigenvalue weighted by molar-refractivity contribution is 0.348. The van der Waals surface area contributed by atoms with Crippen LogP contribution in [0.2, 0.25) is 0 Å². The number of aliphatic imine (C=N–C) groups is 2. The normalized spacial score (nSPS) is 13.9. The Morgan fingerprint density at radius 2 is 0.733 bits per heavy atom. The van der Waals surface area contributed by atoms with Crippen molar-refractivity contribution in [3.05, 3.63) is 181 Å². The third-order valence-corrected chi connectivity index (χ3v) is 11.7. The molecule has 0 radical (unpaired) electrons. The van der Waals surface area contributed by atoms with Gasteiger partial charge in [-0.25, -0.2) is 9.98 Å². The summed E-state index contributed by atoms with van der Waals surface area (Å²) in [5.41, 5.74) is 14.8. The van der Waals surface area contributed by atoms with Gasteiger partial charge < -0.3 is 18.6 Å². The number of fused-ring (bicyclic) bond motifs is 6. The number of hydrogen-bond donors (Lipinski definition) is 0. The molecule has 2 aliphatic rings. The number of para-hydroxylation sites is 2. The van der Waals surface area contributed by atoms with Gasteiger partial charge in [0.2, 0.25) is 11.8 Å². The average Bonchev–Trinajstić information content (AvgIpc) is 4.16. The maximum Gasteiger partial charge on any atom is 0.217 e. The molecule has 8 nitrogen and oxygen atoms in total. The van der Waals surface area contributed by atoms with Crippen LogP contribution in [0.3, 0.4) is 0 Å². The van der Waals surface area contributed by atoms with Gasteiger partial charge in [-0.05, 0) is 108 Å². The largest absolute Gasteiger partial charge is 0.475 e. The summed E-state index contributed by atoms with van der Waals surface area (Å²) in [6, 6.07) is 56.4. The van der Waals surface area contributed by atoms with E-state index in [2.05, 4.69) is 165 Å². The molecule has 0 bridgehead atoms. The number of pyridine rings is 2. The van der Waals surface area contributed by atoms with E-state index in [-0.39, 0.29) is 0 Å². The summed E-state index contributed by atoms with van der Waals surface area (Å²) < 4.78 is 16.1. The van der Waals surface area contributed by atoms with Gasteiger partial charge in [0.15, 0.2) is 0 Å². The van der Waals surface area contributed by atoms with Crippen LogP contribution in [0.4, 0.5) is 0 Å². The van der Waals surface area contributed by atoms with E-state index in [0.29, 0.717) is 38.1 Å². The number of hydrogen-bond acceptors (Lipinski definition) is 6. The summed E-state index contributed by atoms with van der Waals surface area (Å²) in [6.07, 6.45) is 3.72. The summed E-state index contributed by atoms with van der Waals surface area (Å²) in [6.45, 7) is 2.61. The molecule has 6 heterocycles. The molecule has 0 spiro atoms. The van der Waals surface area contributed by atoms with Gasteiger partial charge in [0, 0.05) is 56.4 Å². The smallest absolute Gasteiger partial charge is 0.217 e. The standard InChI is InChI=1S/C52H36N6O2/c1-3-7-39(8-4-1)57-47-19-13-33(27-41(47)43-29-35(15-21-49(43)57)45-17-11-37(31-55-45)51-53-23-25-59-51)34-14-20-48-42(28-34)44-30-36(16-22-50(44)58(48)40-9-5-2-6-10-40)46-18-12-38(32-56-46)52-54-24-26-60-52/h1-22,27-32H,23-26H2. The van der Waals surface area contributed by atoms with E-state index in [1.165, 1.54) is 21.5 Å². The van der Waals surface area contributed by atoms with Crippen molar-refractivity contribution in [3.63, 3.8) is 0 Å². The third kappa shape index (κ3) is 5.67. The minimum atomic E-state index is 0.619. The Hall–Kier alpha value is -7.84. The van der Waals surface area contributed by atoms with Crippen LogP contribution in [0.15, 0.2) is 180 Å². The first-order valence-electron chi connectivity index (χ1n) is 20.3. The van der Waals surface area contributed by atoms with Crippen LogP contribution >= 0.6 is 0 Å². The highest BCUT2D eigenvalue weighted by Crippen LogP contribution is 2.40. The fraction of sp³-hybridized carbons (Fsp3) is 0.0769. The summed E-state index contributed by atoms with van der Waals surface area (Å²) in [5, 5.41) is 4.69. The van der Waals surface area contributed by atoms with Crippen molar-refractivity contribution in [1.82, 2.24) is 19.1 Å². The second-order valence-electron chi connectivity index (χ2n) is 15.2. The monoisotopic (exact) mass is 776 g/mol. The molecule has 0 N–H and O–H groups in total. The van der Waals surface area contributed by atoms with Gasteiger partial charge >= 0.3 is 0 Å². The van der Waals surface area contributed by atoms with Crippen molar-refractivity contribution in [2.75, 3.05) is 26.3 Å². The topological polar surface area (TPSA) is 78.8 Å². The molecule has 0 atom stereocenters. The van der Waals surface area contributed by atoms with E-state index in [9.17, 15) is 0 Å². The van der Waals surface area contributed by atoms with E-state index < -0.39 is 0 Å². The third-order valence-electron chi connectivity index (χ3n) is 11.7. The molecule has 8 heteroatoms. The predicted molar refractivity (Wildman–Crippen MR) is 242 cm³/mol. The molecule has 60 heavy (non-hydrogen) atoms. The summed E-state index contributed by atoms with van der Waals surface area (Å²) in [4.78, 5) is 18.6. The Morgan fingerprint density at radius 1 is 0.367 bits per heavy atom. The van der Waals surface area contributed by atoms with Gasteiger partial charge in [0.1, 0.15) is 13.2 Å². The lowest BCUT2D eigenvalue weighted by atomic mass is 9.99. The van der Waals surface area contributed by atoms with Crippen molar-refractivity contribution in [2.45, 2.75) is 0 Å². The molecule has 6 aromatic carbocycles. The van der Waals surface area contributed by atoms with E-state index in [1.54, 1.807) is 0 Å². The first-order valence-corrected chi connectivity index (χ1v) is 20.3. The molecule has 0 saturated carbocycles. The van der Waals surface area contributed by atoms with Crippen molar-refractivity contribution in [3.8, 4) is 45.0 Å². The Balaban J connectivity index is 1.01. The molecule has 0 aliphatic carbocycles. The first-order chi connectivity index (χ1) is 29.7. The SMILES string of the molecule is c1ccc(-n2c3ccc(-c4ccc5c(c4)c4cc(-c6ccc(C7=NCCO7)cn6)ccc4n5-c4ccccc4)cc3c3cc(-c4ccc(C5=NCCO5)cn4)ccc32)cc1. The molecule has 12 rings (SSSR count). The Labute approximate surface area is 345 Å². The first kappa shape index (κ1) is 34.2. The zero-order valence-electron chi connectivity index (χ0n) is 32.5. The van der Waals surface area contributed by atoms with Crippen LogP contribution in [0.5, 0.6) is 0 Å². The van der Waals surface area contributed by atoms with Crippen LogP contribution < -0.4 is 0 Å². The van der Waals surface area contributed by atoms with Crippen LogP contribution in [-0.2, 0) is 9.47 Å². The molecule has 0 amide bonds. The molecule has 286 valence electrons. The van der Waals surface area contributed by atoms with Crippen molar-refractivity contribution < 1.29 is 9.47 Å². The van der Waals surface area contributed by atoms with Crippen LogP contribution in [-0.4, -0.2) is 57.2 Å². The molecule has 0 fully saturated rings. The second-order valence-corrected chi connectivity index (χ2v) is 15.2. The second kappa shape index (κ2) is 13.9. The Kier molecular flexibility index (Phi) is 7.94. The van der Waals surface area contributed by atoms with Crippen molar-refractivity contribution in [2.24, 2.45) is 9.98 Å². The van der Waals surface area contributed by atoms with E-state index in [1.807, 2.05) is 24.5 Å². The lowest BCUT2D eigenvalue weighted by Gasteiger charge is -2.09. The van der Waals surface area contributed by atoms with Gasteiger partial charge in [-0.3, -0.25) is 9.97 Å². The molecular weight excluding hydrogens is 741 g/mol. The highest BCUT2D eigenvalue weighted by Gasteiger charge is 2.19. The minimum Gasteiger partial charge on any atom is -0.475 e. The fourth-order valence-electron chi connectivity index (χ4n) is 8.84. The van der Waals surface area contributed by atoms with Gasteiger partial charge in [-0.15, -0.1) is 0 Å². The van der Waals surface area contributed by atoms with Gasteiger partial charge in [0.05, 0.1) is 57.7 Å². The average molecular weight is 777 g/mol. The number of benzene rings is 6. The number of nitrogens with zero attached hydrogens (tertiary/aromatic N) is 6. The van der Waals surface area contributed by atoms with Gasteiger partial charge in [-0.2, -0.15) is 0 Å². The van der Waals surface area contributed by atoms with E-state index in [0.717, 1.165) is 78.2 Å². The van der Waals surface area contributed by atoms with E-state index in [4.69, 9.17) is 19.4 Å². The van der Waals surface area contributed by atoms with Crippen LogP contribution in [0, 0.1) is 0 Å². The maximum atomic E-state index is 5.69. The summed E-state index contributed by atoms with van der Waals surface area (Å²) in [7, 11) is 0. The zero-order valence-corrected chi connectivity index (χ0v) is 32.5. The fourth-order valence-corrected chi connectivity index (χ4v) is 8.84. The lowest BCUT2D eigenvalue weighted by Crippen LogP contribution is -2.01. The van der Waals surface area contributed by atoms with Crippen molar-refractivity contribution in [1.29, 1.82) is 0 Å². The van der Waals surface area contributed by atoms with Gasteiger partial charge in [-0.1, -0.05) is 60.7 Å². The number of rotatable bonds is 7. The minimum absolute atomic E-state index is 0.619. The molecule has 4 aromatic heterocycles. The van der Waals surface area contributed by atoms with Gasteiger partial charge in [0.25, 0.3) is 0 Å². The molecule has 10 aromatic rings. The molecule has 2 aliphatic heterocycles. The predicted octanol–water partition coefficient (Wildman–Crippen LogP) is 11.2. The molecule has 0 unspecified atom stereocenters. The van der Waals surface area contributed by atoms with Crippen molar-refractivity contribution >= 4 is 55.4 Å². The van der Waals surface area contributed by atoms with Crippen LogP contribution in [0.1, 0.15) is 11.1 Å².